The molecule has 1 unspecified atom stereocenters. The lowest BCUT2D eigenvalue weighted by molar-refractivity contribution is 0.0528. The van der Waals surface area contributed by atoms with E-state index in [-0.39, 0.29) is 5.91 Å². The molecule has 1 heterocycles. The van der Waals surface area contributed by atoms with E-state index in [4.69, 9.17) is 18.0 Å². The summed E-state index contributed by atoms with van der Waals surface area (Å²) in [6.45, 7) is 7.81. The second-order valence-corrected chi connectivity index (χ2v) is 5.61. The van der Waals surface area contributed by atoms with Crippen LogP contribution in [0, 0.1) is 0 Å². The molecule has 4 nitrogen and oxygen atoms in total. The molecule has 1 amide bonds. The number of likely N-dealkylation sites (N-methyl/N-ethyl adjacent to an activating group) is 1. The van der Waals surface area contributed by atoms with Crippen molar-refractivity contribution in [3.05, 3.63) is 35.4 Å². The van der Waals surface area contributed by atoms with E-state index >= 15 is 0 Å². The maximum atomic E-state index is 12.5. The van der Waals surface area contributed by atoms with Crippen molar-refractivity contribution in [2.24, 2.45) is 5.73 Å². The van der Waals surface area contributed by atoms with Crippen molar-refractivity contribution in [2.75, 3.05) is 26.2 Å². The summed E-state index contributed by atoms with van der Waals surface area (Å²) in [4.78, 5) is 17.2. The highest BCUT2D eigenvalue weighted by molar-refractivity contribution is 7.80. The van der Waals surface area contributed by atoms with E-state index in [2.05, 4.69) is 18.7 Å². The number of carbonyl (C=O) groups is 1. The second-order valence-electron chi connectivity index (χ2n) is 5.17. The largest absolute Gasteiger partial charge is 0.389 e. The third kappa shape index (κ3) is 3.16. The van der Waals surface area contributed by atoms with Gasteiger partial charge in [0.2, 0.25) is 0 Å². The second kappa shape index (κ2) is 6.33. The van der Waals surface area contributed by atoms with Crippen LogP contribution < -0.4 is 5.73 Å². The summed E-state index contributed by atoms with van der Waals surface area (Å²) in [5, 5.41) is 0. The first-order valence-electron chi connectivity index (χ1n) is 6.96. The Morgan fingerprint density at radius 1 is 1.40 bits per heavy atom. The van der Waals surface area contributed by atoms with Gasteiger partial charge >= 0.3 is 0 Å². The van der Waals surface area contributed by atoms with E-state index in [9.17, 15) is 4.79 Å². The number of benzene rings is 1. The lowest BCUT2D eigenvalue weighted by atomic mass is 10.1. The lowest BCUT2D eigenvalue weighted by Gasteiger charge is -2.39. The van der Waals surface area contributed by atoms with E-state index in [0.29, 0.717) is 16.6 Å². The van der Waals surface area contributed by atoms with E-state index in [1.54, 1.807) is 6.07 Å². The molecule has 0 bridgehead atoms. The molecule has 1 aliphatic rings. The number of amides is 1. The lowest BCUT2D eigenvalue weighted by Crippen LogP contribution is -2.53. The molecule has 1 saturated heterocycles. The molecule has 1 fully saturated rings. The van der Waals surface area contributed by atoms with Crippen molar-refractivity contribution in [1.29, 1.82) is 0 Å². The average Bonchev–Trinajstić information content (AvgIpc) is 2.46. The van der Waals surface area contributed by atoms with Gasteiger partial charge in [-0.05, 0) is 25.6 Å². The van der Waals surface area contributed by atoms with Crippen LogP contribution >= 0.6 is 12.2 Å². The highest BCUT2D eigenvalue weighted by Crippen LogP contribution is 2.14. The molecule has 2 N–H and O–H groups in total. The minimum atomic E-state index is 0.0608. The molecule has 1 atom stereocenters. The molecule has 1 aromatic carbocycles. The van der Waals surface area contributed by atoms with Gasteiger partial charge in [-0.3, -0.25) is 9.69 Å². The summed E-state index contributed by atoms with van der Waals surface area (Å²) in [5.41, 5.74) is 7.02. The smallest absolute Gasteiger partial charge is 0.253 e. The SMILES string of the molecule is CCN1CCN(C(=O)c2cccc(C(N)=S)c2)CC1C. The van der Waals surface area contributed by atoms with Crippen molar-refractivity contribution in [3.8, 4) is 0 Å². The van der Waals surface area contributed by atoms with Gasteiger partial charge < -0.3 is 10.6 Å². The highest BCUT2D eigenvalue weighted by atomic mass is 32.1. The van der Waals surface area contributed by atoms with E-state index in [1.807, 2.05) is 23.1 Å². The Morgan fingerprint density at radius 2 is 2.10 bits per heavy atom. The van der Waals surface area contributed by atoms with Crippen LogP contribution in [0.15, 0.2) is 24.3 Å². The highest BCUT2D eigenvalue weighted by Gasteiger charge is 2.26. The van der Waals surface area contributed by atoms with Crippen molar-refractivity contribution < 1.29 is 4.79 Å². The van der Waals surface area contributed by atoms with Gasteiger partial charge in [0.05, 0.1) is 0 Å². The number of rotatable bonds is 3. The molecule has 0 spiro atoms. The van der Waals surface area contributed by atoms with E-state index in [0.717, 1.165) is 31.7 Å². The zero-order chi connectivity index (χ0) is 14.7. The van der Waals surface area contributed by atoms with Crippen molar-refractivity contribution >= 4 is 23.1 Å². The van der Waals surface area contributed by atoms with Crippen LogP contribution in [0.25, 0.3) is 0 Å². The quantitative estimate of drug-likeness (QED) is 0.857. The summed E-state index contributed by atoms with van der Waals surface area (Å²) in [7, 11) is 0. The zero-order valence-electron chi connectivity index (χ0n) is 12.0. The number of hydrogen-bond acceptors (Lipinski definition) is 3. The molecule has 0 saturated carbocycles. The topological polar surface area (TPSA) is 49.6 Å². The molecule has 0 aliphatic carbocycles. The summed E-state index contributed by atoms with van der Waals surface area (Å²) in [6, 6.07) is 7.66. The van der Waals surface area contributed by atoms with Crippen LogP contribution in [0.3, 0.4) is 0 Å². The van der Waals surface area contributed by atoms with Crippen LogP contribution in [-0.4, -0.2) is 52.9 Å². The first-order chi connectivity index (χ1) is 9.52. The van der Waals surface area contributed by atoms with E-state index < -0.39 is 0 Å². The van der Waals surface area contributed by atoms with Gasteiger partial charge in [0, 0.05) is 36.8 Å². The summed E-state index contributed by atoms with van der Waals surface area (Å²) >= 11 is 4.96. The molecule has 1 aliphatic heterocycles. The number of piperazine rings is 1. The monoisotopic (exact) mass is 291 g/mol. The third-order valence-electron chi connectivity index (χ3n) is 3.85. The van der Waals surface area contributed by atoms with Gasteiger partial charge in [0.1, 0.15) is 4.99 Å². The molecule has 108 valence electrons. The fourth-order valence-electron chi connectivity index (χ4n) is 2.64. The third-order valence-corrected chi connectivity index (χ3v) is 4.09. The summed E-state index contributed by atoms with van der Waals surface area (Å²) in [6.07, 6.45) is 0. The molecule has 20 heavy (non-hydrogen) atoms. The van der Waals surface area contributed by atoms with Crippen LogP contribution in [0.2, 0.25) is 0 Å². The minimum Gasteiger partial charge on any atom is -0.389 e. The maximum Gasteiger partial charge on any atom is 0.253 e. The number of nitrogens with zero attached hydrogens (tertiary/aromatic N) is 2. The van der Waals surface area contributed by atoms with Crippen LogP contribution in [-0.2, 0) is 0 Å². The summed E-state index contributed by atoms with van der Waals surface area (Å²) < 4.78 is 0. The number of hydrogen-bond donors (Lipinski definition) is 1. The number of thiocarbonyl (C=S) groups is 1. The number of nitrogens with two attached hydrogens (primary N) is 1. The Kier molecular flexibility index (Phi) is 4.73. The van der Waals surface area contributed by atoms with Gasteiger partial charge in [0.15, 0.2) is 0 Å². The first-order valence-corrected chi connectivity index (χ1v) is 7.37. The Balaban J connectivity index is 2.12. The van der Waals surface area contributed by atoms with Crippen molar-refractivity contribution in [3.63, 3.8) is 0 Å². The molecular formula is C15H21N3OS. The van der Waals surface area contributed by atoms with Gasteiger partial charge in [-0.1, -0.05) is 31.3 Å². The van der Waals surface area contributed by atoms with Gasteiger partial charge in [-0.2, -0.15) is 0 Å². The molecule has 0 radical (unpaired) electrons. The molecule has 2 rings (SSSR count). The Bertz CT molecular complexity index is 518. The van der Waals surface area contributed by atoms with Gasteiger partial charge in [-0.25, -0.2) is 0 Å². The summed E-state index contributed by atoms with van der Waals surface area (Å²) in [5.74, 6) is 0.0608. The van der Waals surface area contributed by atoms with Crippen molar-refractivity contribution in [1.82, 2.24) is 9.80 Å². The minimum absolute atomic E-state index is 0.0608. The molecular weight excluding hydrogens is 270 g/mol. The Hall–Kier alpha value is -1.46. The molecule has 5 heteroatoms. The molecule has 0 aromatic heterocycles. The predicted octanol–water partition coefficient (Wildman–Crippen LogP) is 1.49. The van der Waals surface area contributed by atoms with E-state index in [1.165, 1.54) is 0 Å². The fourth-order valence-corrected chi connectivity index (χ4v) is 2.76. The van der Waals surface area contributed by atoms with Gasteiger partial charge in [-0.15, -0.1) is 0 Å². The normalized spacial score (nSPS) is 19.9. The number of carbonyl (C=O) groups excluding carboxylic acids is 1. The fraction of sp³-hybridized carbons (Fsp3) is 0.467. The van der Waals surface area contributed by atoms with Crippen LogP contribution in [0.5, 0.6) is 0 Å². The van der Waals surface area contributed by atoms with Gasteiger partial charge in [0.25, 0.3) is 5.91 Å². The van der Waals surface area contributed by atoms with Crippen LogP contribution in [0.4, 0.5) is 0 Å². The Labute approximate surface area is 125 Å². The zero-order valence-corrected chi connectivity index (χ0v) is 12.8. The Morgan fingerprint density at radius 3 is 2.70 bits per heavy atom. The molecule has 1 aromatic rings. The standard InChI is InChI=1S/C15H21N3OS/c1-3-17-7-8-18(10-11(17)2)15(19)13-6-4-5-12(9-13)14(16)20/h4-6,9,11H,3,7-8,10H2,1-2H3,(H2,16,20). The first kappa shape index (κ1) is 14.9. The van der Waals surface area contributed by atoms with Crippen molar-refractivity contribution in [2.45, 2.75) is 19.9 Å². The average molecular weight is 291 g/mol. The maximum absolute atomic E-state index is 12.5. The van der Waals surface area contributed by atoms with Crippen LogP contribution in [0.1, 0.15) is 29.8 Å². The predicted molar refractivity (Wildman–Crippen MR) is 84.9 cm³/mol.